The quantitative estimate of drug-likeness (QED) is 0.559. The topological polar surface area (TPSA) is 83.8 Å². The summed E-state index contributed by atoms with van der Waals surface area (Å²) < 4.78 is 29.5. The van der Waals surface area contributed by atoms with Crippen LogP contribution in [-0.4, -0.2) is 13.0 Å². The molecule has 0 saturated carbocycles. The Morgan fingerprint density at radius 1 is 1.17 bits per heavy atom. The first-order chi connectivity index (χ1) is 5.54. The summed E-state index contributed by atoms with van der Waals surface area (Å²) >= 11 is 0. The molecule has 1 aromatic rings. The highest BCUT2D eigenvalue weighted by atomic mass is 32.2. The van der Waals surface area contributed by atoms with Gasteiger partial charge < -0.3 is 0 Å². The number of nitroso groups, excluding NO2 is 1. The molecule has 12 heavy (non-hydrogen) atoms. The van der Waals surface area contributed by atoms with Crippen LogP contribution in [0.2, 0.25) is 0 Å². The molecule has 0 aliphatic carbocycles. The maximum atomic E-state index is 10.5. The zero-order chi connectivity index (χ0) is 9.19. The molecule has 0 fully saturated rings. The van der Waals surface area contributed by atoms with Crippen LogP contribution < -0.4 is 0 Å². The van der Waals surface area contributed by atoms with Gasteiger partial charge in [0.15, 0.2) is 0 Å². The Balaban J connectivity index is 3.17. The molecule has 0 heterocycles. The lowest BCUT2D eigenvalue weighted by atomic mass is 10.3. The molecular weight excluding hydrogens is 182 g/mol. The van der Waals surface area contributed by atoms with Gasteiger partial charge in [0, 0.05) is 0 Å². The van der Waals surface area contributed by atoms with Crippen LogP contribution in [0.25, 0.3) is 0 Å². The van der Waals surface area contributed by atoms with Gasteiger partial charge in [-0.15, -0.1) is 4.91 Å². The predicted octanol–water partition coefficient (Wildman–Crippen LogP) is 1.33. The van der Waals surface area contributed by atoms with E-state index in [1.807, 2.05) is 0 Å². The number of benzene rings is 1. The molecule has 0 unspecified atom stereocenters. The highest BCUT2D eigenvalue weighted by Gasteiger charge is 2.07. The van der Waals surface area contributed by atoms with Crippen molar-refractivity contribution in [1.82, 2.24) is 0 Å². The van der Waals surface area contributed by atoms with Gasteiger partial charge in [-0.25, -0.2) is 0 Å². The summed E-state index contributed by atoms with van der Waals surface area (Å²) in [7, 11) is -4.17. The van der Waals surface area contributed by atoms with E-state index in [-0.39, 0.29) is 10.6 Å². The third-order valence-electron chi connectivity index (χ3n) is 1.24. The van der Waals surface area contributed by atoms with E-state index in [9.17, 15) is 13.3 Å². The third-order valence-corrected chi connectivity index (χ3v) is 2.11. The fourth-order valence-electron chi connectivity index (χ4n) is 0.679. The van der Waals surface area contributed by atoms with Crippen molar-refractivity contribution in [2.75, 3.05) is 0 Å². The van der Waals surface area contributed by atoms with E-state index < -0.39 is 10.1 Å². The number of hydrogen-bond acceptors (Lipinski definition) is 4. The number of nitrogens with zero attached hydrogens (tertiary/aromatic N) is 1. The molecule has 0 amide bonds. The summed E-state index contributed by atoms with van der Waals surface area (Å²) in [5, 5.41) is 2.57. The van der Waals surface area contributed by atoms with Gasteiger partial charge in [-0.05, 0) is 29.4 Å². The Kier molecular flexibility index (Phi) is 2.20. The van der Waals surface area contributed by atoms with E-state index in [4.69, 9.17) is 4.55 Å². The standard InChI is InChI=1S/C6H5NO4S/c8-7-5-1-3-6(4-2-5)12(9,10)11/h1-4H,(H,9,10,11). The average molecular weight is 187 g/mol. The van der Waals surface area contributed by atoms with Gasteiger partial charge in [-0.2, -0.15) is 8.42 Å². The monoisotopic (exact) mass is 187 g/mol. The van der Waals surface area contributed by atoms with Crippen molar-refractivity contribution in [3.05, 3.63) is 29.2 Å². The summed E-state index contributed by atoms with van der Waals surface area (Å²) in [6.07, 6.45) is 0. The molecule has 0 spiro atoms. The molecule has 64 valence electrons. The van der Waals surface area contributed by atoms with Gasteiger partial charge in [0.2, 0.25) is 0 Å². The Bertz CT molecular complexity index is 381. The SMILES string of the molecule is O=Nc1ccc(S(=O)(=O)O)cc1. The molecule has 1 N–H and O–H groups in total. The highest BCUT2D eigenvalue weighted by Crippen LogP contribution is 2.15. The number of hydrogen-bond donors (Lipinski definition) is 1. The minimum atomic E-state index is -4.17. The summed E-state index contributed by atoms with van der Waals surface area (Å²) in [4.78, 5) is 9.65. The summed E-state index contributed by atoms with van der Waals surface area (Å²) in [6, 6.07) is 4.62. The van der Waals surface area contributed by atoms with E-state index >= 15 is 0 Å². The second-order valence-electron chi connectivity index (χ2n) is 2.06. The molecule has 6 heteroatoms. The van der Waals surface area contributed by atoms with Gasteiger partial charge in [0.05, 0.1) is 4.90 Å². The molecule has 0 saturated heterocycles. The molecule has 1 rings (SSSR count). The summed E-state index contributed by atoms with van der Waals surface area (Å²) in [5.41, 5.74) is 0.113. The van der Waals surface area contributed by atoms with Crippen molar-refractivity contribution < 1.29 is 13.0 Å². The molecule has 0 aliphatic rings. The van der Waals surface area contributed by atoms with Crippen molar-refractivity contribution in [2.45, 2.75) is 4.90 Å². The molecule has 0 radical (unpaired) electrons. The molecule has 0 aliphatic heterocycles. The van der Waals surface area contributed by atoms with E-state index in [0.717, 1.165) is 12.1 Å². The van der Waals surface area contributed by atoms with Crippen molar-refractivity contribution in [1.29, 1.82) is 0 Å². The first-order valence-corrected chi connectivity index (χ1v) is 4.39. The largest absolute Gasteiger partial charge is 0.294 e. The zero-order valence-electron chi connectivity index (χ0n) is 5.84. The fourth-order valence-corrected chi connectivity index (χ4v) is 1.16. The van der Waals surface area contributed by atoms with Crippen LogP contribution in [0.4, 0.5) is 5.69 Å². The molecule has 0 aromatic heterocycles. The van der Waals surface area contributed by atoms with Crippen LogP contribution in [-0.2, 0) is 10.1 Å². The highest BCUT2D eigenvalue weighted by molar-refractivity contribution is 7.85. The second-order valence-corrected chi connectivity index (χ2v) is 3.48. The zero-order valence-corrected chi connectivity index (χ0v) is 6.65. The van der Waals surface area contributed by atoms with E-state index in [1.165, 1.54) is 12.1 Å². The Hall–Kier alpha value is -1.27. The average Bonchev–Trinajstić information content (AvgIpc) is 2.03. The Morgan fingerprint density at radius 2 is 1.67 bits per heavy atom. The van der Waals surface area contributed by atoms with Crippen LogP contribution >= 0.6 is 0 Å². The van der Waals surface area contributed by atoms with E-state index in [0.29, 0.717) is 0 Å². The van der Waals surface area contributed by atoms with Crippen LogP contribution in [0.5, 0.6) is 0 Å². The smallest absolute Gasteiger partial charge is 0.282 e. The summed E-state index contributed by atoms with van der Waals surface area (Å²) in [6.45, 7) is 0. The van der Waals surface area contributed by atoms with E-state index in [2.05, 4.69) is 5.18 Å². The first kappa shape index (κ1) is 8.82. The van der Waals surface area contributed by atoms with Crippen LogP contribution in [0.3, 0.4) is 0 Å². The maximum absolute atomic E-state index is 10.5. The fraction of sp³-hybridized carbons (Fsp3) is 0. The Morgan fingerprint density at radius 3 is 2.00 bits per heavy atom. The van der Waals surface area contributed by atoms with Crippen LogP contribution in [0.15, 0.2) is 34.3 Å². The van der Waals surface area contributed by atoms with Gasteiger partial charge in [0.1, 0.15) is 5.69 Å². The van der Waals surface area contributed by atoms with Crippen molar-refractivity contribution >= 4 is 15.8 Å². The first-order valence-electron chi connectivity index (χ1n) is 2.95. The molecular formula is C6H5NO4S. The maximum Gasteiger partial charge on any atom is 0.294 e. The Labute approximate surface area is 68.8 Å². The lowest BCUT2D eigenvalue weighted by Gasteiger charge is -1.94. The van der Waals surface area contributed by atoms with Gasteiger partial charge in [0.25, 0.3) is 10.1 Å². The van der Waals surface area contributed by atoms with Gasteiger partial charge >= 0.3 is 0 Å². The van der Waals surface area contributed by atoms with Gasteiger partial charge in [-0.1, -0.05) is 0 Å². The van der Waals surface area contributed by atoms with Crippen LogP contribution in [0.1, 0.15) is 0 Å². The van der Waals surface area contributed by atoms with Crippen molar-refractivity contribution in [3.8, 4) is 0 Å². The van der Waals surface area contributed by atoms with Crippen molar-refractivity contribution in [2.24, 2.45) is 5.18 Å². The van der Waals surface area contributed by atoms with Crippen molar-refractivity contribution in [3.63, 3.8) is 0 Å². The minimum absolute atomic E-state index is 0.113. The minimum Gasteiger partial charge on any atom is -0.282 e. The second kappa shape index (κ2) is 3.00. The molecule has 0 bridgehead atoms. The normalized spacial score (nSPS) is 11.1. The lowest BCUT2D eigenvalue weighted by molar-refractivity contribution is 0.483. The number of rotatable bonds is 2. The lowest BCUT2D eigenvalue weighted by Crippen LogP contribution is -1.96. The third kappa shape index (κ3) is 1.86. The molecule has 5 nitrogen and oxygen atoms in total. The van der Waals surface area contributed by atoms with Crippen LogP contribution in [0, 0.1) is 4.91 Å². The summed E-state index contributed by atoms with van der Waals surface area (Å²) in [5.74, 6) is 0. The molecule has 1 aromatic carbocycles. The van der Waals surface area contributed by atoms with E-state index in [1.54, 1.807) is 0 Å². The van der Waals surface area contributed by atoms with Gasteiger partial charge in [-0.3, -0.25) is 4.55 Å². The molecule has 0 atom stereocenters. The predicted molar refractivity (Wildman–Crippen MR) is 41.7 cm³/mol.